The van der Waals surface area contributed by atoms with E-state index in [9.17, 15) is 18.0 Å². The largest absolute Gasteiger partial charge is 0.392 e. The topological polar surface area (TPSA) is 59.6 Å². The second kappa shape index (κ2) is 8.64. The van der Waals surface area contributed by atoms with Gasteiger partial charge in [-0.3, -0.25) is 15.0 Å². The zero-order valence-corrected chi connectivity index (χ0v) is 20.1. The number of fused-ring (bicyclic) bond motifs is 1. The summed E-state index contributed by atoms with van der Waals surface area (Å²) in [6.07, 6.45) is 2.49. The van der Waals surface area contributed by atoms with Crippen molar-refractivity contribution in [3.8, 4) is 0 Å². The molecule has 6 nitrogen and oxygen atoms in total. The van der Waals surface area contributed by atoms with Gasteiger partial charge in [-0.1, -0.05) is 20.3 Å². The molecule has 5 rings (SSSR count). The maximum atomic E-state index is 13.7. The Morgan fingerprint density at radius 1 is 1.21 bits per heavy atom. The molecule has 8 atom stereocenters. The number of carbonyl (C=O) groups is 1. The van der Waals surface area contributed by atoms with E-state index in [1.807, 2.05) is 4.90 Å². The Kier molecular flexibility index (Phi) is 6.24. The van der Waals surface area contributed by atoms with Gasteiger partial charge >= 0.3 is 6.18 Å². The molecule has 188 valence electrons. The van der Waals surface area contributed by atoms with Crippen LogP contribution < -0.4 is 16.2 Å². The maximum Gasteiger partial charge on any atom is 0.392 e. The second-order valence-corrected chi connectivity index (χ2v) is 11.9. The van der Waals surface area contributed by atoms with Crippen LogP contribution in [0.1, 0.15) is 65.2 Å². The first-order valence-electron chi connectivity index (χ1n) is 12.9. The number of hydrogen-bond acceptors (Lipinski definition) is 5. The predicted octanol–water partition coefficient (Wildman–Crippen LogP) is 3.27. The van der Waals surface area contributed by atoms with E-state index in [0.717, 1.165) is 25.9 Å². The minimum absolute atomic E-state index is 0.0409. The third kappa shape index (κ3) is 4.55. The molecule has 5 aliphatic rings. The number of rotatable bonds is 5. The van der Waals surface area contributed by atoms with Gasteiger partial charge in [-0.05, 0) is 75.2 Å². The summed E-state index contributed by atoms with van der Waals surface area (Å²) in [6, 6.07) is 0.324. The monoisotopic (exact) mass is 471 g/mol. The molecule has 33 heavy (non-hydrogen) atoms. The highest BCUT2D eigenvalue weighted by molar-refractivity contribution is 5.82. The Morgan fingerprint density at radius 2 is 1.97 bits per heavy atom. The second-order valence-electron chi connectivity index (χ2n) is 11.9. The van der Waals surface area contributed by atoms with Crippen LogP contribution in [0.25, 0.3) is 0 Å². The first kappa shape index (κ1) is 23.8. The Labute approximate surface area is 195 Å². The highest BCUT2D eigenvalue weighted by atomic mass is 19.4. The molecular formula is C24H40F3N5O. The van der Waals surface area contributed by atoms with Crippen LogP contribution in [0.4, 0.5) is 13.2 Å². The lowest BCUT2D eigenvalue weighted by molar-refractivity contribution is -0.198. The number of piperidine rings is 1. The molecule has 5 fully saturated rings. The van der Waals surface area contributed by atoms with E-state index in [2.05, 4.69) is 42.0 Å². The van der Waals surface area contributed by atoms with Crippen LogP contribution in [-0.4, -0.2) is 60.5 Å². The van der Waals surface area contributed by atoms with Crippen LogP contribution in [0.5, 0.6) is 0 Å². The zero-order chi connectivity index (χ0) is 23.5. The molecule has 3 aliphatic heterocycles. The number of hydrogen-bond donors (Lipinski definition) is 3. The van der Waals surface area contributed by atoms with Crippen molar-refractivity contribution < 1.29 is 18.0 Å². The van der Waals surface area contributed by atoms with Crippen molar-refractivity contribution in [3.05, 3.63) is 0 Å². The first-order valence-corrected chi connectivity index (χ1v) is 12.9. The third-order valence-corrected chi connectivity index (χ3v) is 9.74. The van der Waals surface area contributed by atoms with Gasteiger partial charge in [0.2, 0.25) is 5.91 Å². The van der Waals surface area contributed by atoms with E-state index in [4.69, 9.17) is 0 Å². The smallest absolute Gasteiger partial charge is 0.327 e. The number of nitrogens with zero attached hydrogens (tertiary/aromatic N) is 2. The summed E-state index contributed by atoms with van der Waals surface area (Å²) in [6.45, 7) is 5.69. The van der Waals surface area contributed by atoms with E-state index in [0.29, 0.717) is 30.7 Å². The number of halogens is 3. The summed E-state index contributed by atoms with van der Waals surface area (Å²) >= 11 is 0. The average molecular weight is 472 g/mol. The van der Waals surface area contributed by atoms with E-state index < -0.39 is 23.9 Å². The molecule has 1 amide bonds. The highest BCUT2D eigenvalue weighted by Gasteiger charge is 2.57. The fourth-order valence-corrected chi connectivity index (χ4v) is 7.10. The maximum absolute atomic E-state index is 13.7. The van der Waals surface area contributed by atoms with Gasteiger partial charge in [-0.15, -0.1) is 0 Å². The lowest BCUT2D eigenvalue weighted by Crippen LogP contribution is -2.58. The molecule has 0 aromatic heterocycles. The van der Waals surface area contributed by atoms with E-state index in [-0.39, 0.29) is 36.6 Å². The van der Waals surface area contributed by atoms with Crippen molar-refractivity contribution in [2.24, 2.45) is 35.0 Å². The SMILES string of the molecule is C[C@H](CC1NNCN1C)C1CC(N2CC3C(CCCC3C(F)(F)F)C2=O)NC(C2(C)CC2)C1. The molecule has 2 saturated carbocycles. The Hall–Kier alpha value is -0.900. The highest BCUT2D eigenvalue weighted by Crippen LogP contribution is 2.53. The summed E-state index contributed by atoms with van der Waals surface area (Å²) in [4.78, 5) is 17.5. The molecule has 0 bridgehead atoms. The van der Waals surface area contributed by atoms with Crippen molar-refractivity contribution >= 4 is 5.91 Å². The van der Waals surface area contributed by atoms with Crippen molar-refractivity contribution in [3.63, 3.8) is 0 Å². The fourth-order valence-electron chi connectivity index (χ4n) is 7.10. The van der Waals surface area contributed by atoms with Crippen LogP contribution in [0.2, 0.25) is 0 Å². The van der Waals surface area contributed by atoms with Crippen LogP contribution >= 0.6 is 0 Å². The minimum Gasteiger partial charge on any atom is -0.327 e. The van der Waals surface area contributed by atoms with Crippen molar-refractivity contribution in [1.29, 1.82) is 0 Å². The van der Waals surface area contributed by atoms with Crippen molar-refractivity contribution in [2.45, 2.75) is 89.8 Å². The molecule has 3 heterocycles. The molecule has 7 unspecified atom stereocenters. The summed E-state index contributed by atoms with van der Waals surface area (Å²) in [5, 5.41) is 3.76. The van der Waals surface area contributed by atoms with Gasteiger partial charge < -0.3 is 4.90 Å². The Balaban J connectivity index is 1.32. The molecular weight excluding hydrogens is 431 g/mol. The lowest BCUT2D eigenvalue weighted by atomic mass is 9.73. The van der Waals surface area contributed by atoms with Crippen molar-refractivity contribution in [1.82, 2.24) is 26.0 Å². The predicted molar refractivity (Wildman–Crippen MR) is 119 cm³/mol. The molecule has 0 spiro atoms. The summed E-state index contributed by atoms with van der Waals surface area (Å²) in [5.41, 5.74) is 6.80. The van der Waals surface area contributed by atoms with E-state index >= 15 is 0 Å². The summed E-state index contributed by atoms with van der Waals surface area (Å²) in [5.74, 6) is -1.51. The lowest BCUT2D eigenvalue weighted by Gasteiger charge is -2.45. The number of nitrogens with one attached hydrogen (secondary N) is 3. The van der Waals surface area contributed by atoms with Gasteiger partial charge in [0.05, 0.1) is 24.9 Å². The van der Waals surface area contributed by atoms with E-state index in [1.54, 1.807) is 0 Å². The minimum atomic E-state index is -4.21. The molecule has 2 aliphatic carbocycles. The van der Waals surface area contributed by atoms with E-state index in [1.165, 1.54) is 12.8 Å². The standard InChI is InChI=1S/C24H40F3N5O/c1-14(9-21-30-28-13-31(21)3)15-10-19(23(2)7-8-23)29-20(11-15)32-12-17-16(22(32)33)5-4-6-18(17)24(25,26)27/h14-21,28-30H,4-13H2,1-3H3/t14-,15?,16?,17?,18?,19?,20?,21?/m1/s1. The molecule has 0 radical (unpaired) electrons. The van der Waals surface area contributed by atoms with Crippen LogP contribution in [0.15, 0.2) is 0 Å². The number of likely N-dealkylation sites (tertiary alicyclic amines) is 1. The Morgan fingerprint density at radius 3 is 2.61 bits per heavy atom. The van der Waals surface area contributed by atoms with Gasteiger partial charge in [-0.2, -0.15) is 13.2 Å². The molecule has 3 N–H and O–H groups in total. The molecule has 0 aromatic rings. The van der Waals surface area contributed by atoms with Crippen molar-refractivity contribution in [2.75, 3.05) is 20.3 Å². The number of hydrazine groups is 1. The van der Waals surface area contributed by atoms with Crippen LogP contribution in [0.3, 0.4) is 0 Å². The fraction of sp³-hybridized carbons (Fsp3) is 0.958. The number of alkyl halides is 3. The zero-order valence-electron chi connectivity index (χ0n) is 20.1. The van der Waals surface area contributed by atoms with Gasteiger partial charge in [0, 0.05) is 18.5 Å². The summed E-state index contributed by atoms with van der Waals surface area (Å²) in [7, 11) is 2.10. The van der Waals surface area contributed by atoms with Gasteiger partial charge in [0.15, 0.2) is 0 Å². The average Bonchev–Trinajstić information content (AvgIpc) is 3.26. The quantitative estimate of drug-likeness (QED) is 0.575. The number of carbonyl (C=O) groups excluding carboxylic acids is 1. The Bertz CT molecular complexity index is 744. The number of amides is 1. The molecule has 0 aromatic carbocycles. The molecule has 3 saturated heterocycles. The first-order chi connectivity index (χ1) is 15.6. The molecule has 9 heteroatoms. The third-order valence-electron chi connectivity index (χ3n) is 9.74. The van der Waals surface area contributed by atoms with Crippen LogP contribution in [-0.2, 0) is 4.79 Å². The summed E-state index contributed by atoms with van der Waals surface area (Å²) < 4.78 is 41.2. The van der Waals surface area contributed by atoms with Crippen LogP contribution in [0, 0.1) is 35.0 Å². The van der Waals surface area contributed by atoms with Gasteiger partial charge in [0.1, 0.15) is 0 Å². The van der Waals surface area contributed by atoms with Gasteiger partial charge in [0.25, 0.3) is 0 Å². The normalized spacial score (nSPS) is 42.4. The van der Waals surface area contributed by atoms with Gasteiger partial charge in [-0.25, -0.2) is 10.9 Å².